The number of pyridine rings is 1. The summed E-state index contributed by atoms with van der Waals surface area (Å²) >= 11 is 0. The number of methoxy groups -OCH3 is 2. The molecule has 1 heterocycles. The number of amides is 2. The summed E-state index contributed by atoms with van der Waals surface area (Å²) < 4.78 is 9.80. The predicted molar refractivity (Wildman–Crippen MR) is 121 cm³/mol. The van der Waals surface area contributed by atoms with Crippen molar-refractivity contribution in [2.24, 2.45) is 0 Å². The molecule has 8 nitrogen and oxygen atoms in total. The highest BCUT2D eigenvalue weighted by molar-refractivity contribution is 6.07. The molecular formula is C24H23N3O5. The van der Waals surface area contributed by atoms with Crippen LogP contribution in [0.2, 0.25) is 0 Å². The van der Waals surface area contributed by atoms with Gasteiger partial charge in [0.2, 0.25) is 5.91 Å². The maximum Gasteiger partial charge on any atom is 0.325 e. The molecule has 0 saturated carbocycles. The second kappa shape index (κ2) is 10.3. The van der Waals surface area contributed by atoms with Crippen LogP contribution in [0.25, 0.3) is 22.0 Å². The molecular weight excluding hydrogens is 410 g/mol. The number of nitrogens with zero attached hydrogens (tertiary/aromatic N) is 1. The lowest BCUT2D eigenvalue weighted by atomic mass is 10.00. The Balaban J connectivity index is 2.01. The van der Waals surface area contributed by atoms with E-state index < -0.39 is 11.9 Å². The molecule has 0 fully saturated rings. The molecule has 2 N–H and O–H groups in total. The van der Waals surface area contributed by atoms with Gasteiger partial charge in [-0.3, -0.25) is 14.4 Å². The number of fused-ring (bicyclic) bond motifs is 1. The number of hydrogen-bond acceptors (Lipinski definition) is 6. The van der Waals surface area contributed by atoms with E-state index in [9.17, 15) is 14.4 Å². The number of nitrogens with one attached hydrogen (secondary N) is 2. The number of carbonyl (C=O) groups is 3. The van der Waals surface area contributed by atoms with E-state index in [1.165, 1.54) is 13.2 Å². The minimum atomic E-state index is -0.551. The van der Waals surface area contributed by atoms with Crippen LogP contribution < -0.4 is 10.6 Å². The summed E-state index contributed by atoms with van der Waals surface area (Å²) in [5.74, 6) is -1.37. The number of rotatable bonds is 8. The molecule has 0 unspecified atom stereocenters. The van der Waals surface area contributed by atoms with Crippen LogP contribution in [-0.2, 0) is 25.7 Å². The van der Waals surface area contributed by atoms with Crippen LogP contribution in [0, 0.1) is 0 Å². The minimum absolute atomic E-state index is 0.166. The van der Waals surface area contributed by atoms with E-state index in [0.717, 1.165) is 21.9 Å². The minimum Gasteiger partial charge on any atom is -0.468 e. The zero-order chi connectivity index (χ0) is 23.1. The van der Waals surface area contributed by atoms with Crippen molar-refractivity contribution in [2.75, 3.05) is 26.1 Å². The van der Waals surface area contributed by atoms with E-state index in [4.69, 9.17) is 4.74 Å². The molecule has 1 aromatic heterocycles. The number of benzene rings is 2. The third-order valence-corrected chi connectivity index (χ3v) is 4.74. The summed E-state index contributed by atoms with van der Waals surface area (Å²) in [4.78, 5) is 40.1. The number of hydrogen-bond donors (Lipinski definition) is 2. The summed E-state index contributed by atoms with van der Waals surface area (Å²) in [6.45, 7) is 3.59. The first kappa shape index (κ1) is 22.6. The highest BCUT2D eigenvalue weighted by atomic mass is 16.5. The Kier molecular flexibility index (Phi) is 7.30. The lowest BCUT2D eigenvalue weighted by Crippen LogP contribution is -2.30. The summed E-state index contributed by atoms with van der Waals surface area (Å²) in [6, 6.07) is 14.6. The van der Waals surface area contributed by atoms with E-state index in [-0.39, 0.29) is 18.1 Å². The van der Waals surface area contributed by atoms with Crippen LogP contribution >= 0.6 is 0 Å². The van der Waals surface area contributed by atoms with Crippen molar-refractivity contribution in [1.82, 2.24) is 10.3 Å². The Morgan fingerprint density at radius 1 is 1.09 bits per heavy atom. The van der Waals surface area contributed by atoms with E-state index >= 15 is 0 Å². The highest BCUT2D eigenvalue weighted by Crippen LogP contribution is 2.32. The molecule has 0 aliphatic heterocycles. The first-order valence-corrected chi connectivity index (χ1v) is 9.77. The zero-order valence-electron chi connectivity index (χ0n) is 17.8. The quantitative estimate of drug-likeness (QED) is 0.418. The fraction of sp³-hybridized carbons (Fsp3) is 0.167. The Morgan fingerprint density at radius 2 is 1.88 bits per heavy atom. The van der Waals surface area contributed by atoms with Gasteiger partial charge < -0.3 is 20.1 Å². The predicted octanol–water partition coefficient (Wildman–Crippen LogP) is 3.08. The average molecular weight is 433 g/mol. The molecule has 0 bridgehead atoms. The molecule has 3 rings (SSSR count). The van der Waals surface area contributed by atoms with Gasteiger partial charge in [0.1, 0.15) is 12.2 Å². The first-order chi connectivity index (χ1) is 15.5. The van der Waals surface area contributed by atoms with Gasteiger partial charge >= 0.3 is 5.97 Å². The summed E-state index contributed by atoms with van der Waals surface area (Å²) in [5, 5.41) is 7.05. The van der Waals surface area contributed by atoms with Gasteiger partial charge in [-0.1, -0.05) is 36.9 Å². The SMILES string of the molecule is C=CC(=O)Nc1c(COC)ccc2ccc(-c3cccc(C(=O)NCC(=O)OC)n3)cc12. The topological polar surface area (TPSA) is 107 Å². The molecule has 2 amide bonds. The largest absolute Gasteiger partial charge is 0.468 e. The number of aromatic nitrogens is 1. The lowest BCUT2D eigenvalue weighted by molar-refractivity contribution is -0.139. The van der Waals surface area contributed by atoms with Crippen LogP contribution in [-0.4, -0.2) is 43.5 Å². The maximum absolute atomic E-state index is 12.3. The molecule has 0 saturated heterocycles. The standard InChI is InChI=1S/C24H23N3O5/c1-4-21(28)27-23-17(14-31-2)11-9-15-8-10-16(12-18(15)23)19-6-5-7-20(26-19)24(30)25-13-22(29)32-3/h4-12H,1,13-14H2,2-3H3,(H,25,30)(H,27,28). The van der Waals surface area contributed by atoms with Crippen molar-refractivity contribution < 1.29 is 23.9 Å². The highest BCUT2D eigenvalue weighted by Gasteiger charge is 2.14. The molecule has 0 spiro atoms. The Labute approximate surface area is 185 Å². The number of carbonyl (C=O) groups excluding carboxylic acids is 3. The van der Waals surface area contributed by atoms with Gasteiger partial charge in [-0.05, 0) is 29.7 Å². The smallest absolute Gasteiger partial charge is 0.325 e. The monoisotopic (exact) mass is 433 g/mol. The third kappa shape index (κ3) is 5.16. The van der Waals surface area contributed by atoms with Crippen LogP contribution in [0.5, 0.6) is 0 Å². The first-order valence-electron chi connectivity index (χ1n) is 9.77. The Morgan fingerprint density at radius 3 is 2.59 bits per heavy atom. The van der Waals surface area contributed by atoms with Crippen molar-refractivity contribution in [3.05, 3.63) is 72.4 Å². The molecule has 3 aromatic rings. The van der Waals surface area contributed by atoms with E-state index in [2.05, 4.69) is 26.9 Å². The molecule has 0 aliphatic rings. The van der Waals surface area contributed by atoms with Gasteiger partial charge in [-0.25, -0.2) is 4.98 Å². The molecule has 0 radical (unpaired) electrons. The van der Waals surface area contributed by atoms with E-state index in [0.29, 0.717) is 18.0 Å². The Hall–Kier alpha value is -4.04. The molecule has 2 aromatic carbocycles. The van der Waals surface area contributed by atoms with Crippen molar-refractivity contribution >= 4 is 34.2 Å². The van der Waals surface area contributed by atoms with E-state index in [1.807, 2.05) is 30.3 Å². The van der Waals surface area contributed by atoms with Crippen LogP contribution in [0.15, 0.2) is 61.2 Å². The molecule has 164 valence electrons. The maximum atomic E-state index is 12.3. The van der Waals surface area contributed by atoms with Crippen LogP contribution in [0.1, 0.15) is 16.1 Å². The second-order valence-corrected chi connectivity index (χ2v) is 6.83. The van der Waals surface area contributed by atoms with Crippen molar-refractivity contribution in [1.29, 1.82) is 0 Å². The van der Waals surface area contributed by atoms with Crippen molar-refractivity contribution in [2.45, 2.75) is 6.61 Å². The number of esters is 1. The number of anilines is 1. The van der Waals surface area contributed by atoms with Gasteiger partial charge in [-0.2, -0.15) is 0 Å². The summed E-state index contributed by atoms with van der Waals surface area (Å²) in [5.41, 5.74) is 2.93. The van der Waals surface area contributed by atoms with Gasteiger partial charge in [0.25, 0.3) is 5.91 Å². The van der Waals surface area contributed by atoms with Gasteiger partial charge in [-0.15, -0.1) is 0 Å². The lowest BCUT2D eigenvalue weighted by Gasteiger charge is -2.14. The van der Waals surface area contributed by atoms with Crippen molar-refractivity contribution in [3.63, 3.8) is 0 Å². The Bertz CT molecular complexity index is 1190. The molecule has 0 atom stereocenters. The van der Waals surface area contributed by atoms with Crippen LogP contribution in [0.4, 0.5) is 5.69 Å². The van der Waals surface area contributed by atoms with Gasteiger partial charge in [0.05, 0.1) is 25.1 Å². The van der Waals surface area contributed by atoms with Gasteiger partial charge in [0.15, 0.2) is 0 Å². The van der Waals surface area contributed by atoms with Gasteiger partial charge in [0, 0.05) is 23.6 Å². The fourth-order valence-corrected chi connectivity index (χ4v) is 3.16. The van der Waals surface area contributed by atoms with E-state index in [1.54, 1.807) is 25.3 Å². The van der Waals surface area contributed by atoms with Crippen LogP contribution in [0.3, 0.4) is 0 Å². The molecule has 32 heavy (non-hydrogen) atoms. The summed E-state index contributed by atoms with van der Waals surface area (Å²) in [7, 11) is 2.83. The summed E-state index contributed by atoms with van der Waals surface area (Å²) in [6.07, 6.45) is 1.21. The normalized spacial score (nSPS) is 10.4. The fourth-order valence-electron chi connectivity index (χ4n) is 3.16. The molecule has 8 heteroatoms. The van der Waals surface area contributed by atoms with Crippen molar-refractivity contribution in [3.8, 4) is 11.3 Å². The molecule has 0 aliphatic carbocycles. The average Bonchev–Trinajstić information content (AvgIpc) is 2.83. The third-order valence-electron chi connectivity index (χ3n) is 4.74. The number of ether oxygens (including phenoxy) is 2. The second-order valence-electron chi connectivity index (χ2n) is 6.83. The zero-order valence-corrected chi connectivity index (χ0v) is 17.8.